The first kappa shape index (κ1) is 13.1. The third kappa shape index (κ3) is 4.60. The Morgan fingerprint density at radius 3 is 2.65 bits per heavy atom. The number of rotatable bonds is 2. The van der Waals surface area contributed by atoms with Crippen molar-refractivity contribution in [2.24, 2.45) is 5.18 Å². The molecule has 0 saturated carbocycles. The van der Waals surface area contributed by atoms with Crippen LogP contribution in [0.15, 0.2) is 29.4 Å². The van der Waals surface area contributed by atoms with Crippen molar-refractivity contribution in [2.75, 3.05) is 12.3 Å². The lowest BCUT2D eigenvalue weighted by molar-refractivity contribution is 0.0697. The summed E-state index contributed by atoms with van der Waals surface area (Å²) in [5.74, 6) is -0.952. The molecule has 0 radical (unpaired) electrons. The van der Waals surface area contributed by atoms with Crippen LogP contribution in [0.3, 0.4) is 0 Å². The van der Waals surface area contributed by atoms with Crippen LogP contribution < -0.4 is 11.1 Å². The van der Waals surface area contributed by atoms with Crippen LogP contribution in [0.1, 0.15) is 23.2 Å². The first-order chi connectivity index (χ1) is 8.13. The largest absolute Gasteiger partial charge is 0.478 e. The highest BCUT2D eigenvalue weighted by Crippen LogP contribution is 2.05. The van der Waals surface area contributed by atoms with Gasteiger partial charge in [0.15, 0.2) is 0 Å². The van der Waals surface area contributed by atoms with E-state index in [0.717, 1.165) is 19.4 Å². The molecule has 1 aromatic rings. The Labute approximate surface area is 98.8 Å². The van der Waals surface area contributed by atoms with E-state index in [0.29, 0.717) is 5.69 Å². The van der Waals surface area contributed by atoms with E-state index in [2.05, 4.69) is 10.5 Å². The molecule has 0 aliphatic carbocycles. The Kier molecular flexibility index (Phi) is 5.09. The number of nitrogens with zero attached hydrogens (tertiary/aromatic N) is 1. The lowest BCUT2D eigenvalue weighted by atomic mass is 10.2. The van der Waals surface area contributed by atoms with Gasteiger partial charge in [-0.15, -0.1) is 4.91 Å². The summed E-state index contributed by atoms with van der Waals surface area (Å²) in [5, 5.41) is 14.2. The molecule has 17 heavy (non-hydrogen) atoms. The van der Waals surface area contributed by atoms with Gasteiger partial charge in [-0.05, 0) is 37.6 Å². The molecule has 6 nitrogen and oxygen atoms in total. The van der Waals surface area contributed by atoms with E-state index in [1.807, 2.05) is 0 Å². The second-order valence-corrected chi connectivity index (χ2v) is 3.65. The summed E-state index contributed by atoms with van der Waals surface area (Å²) in [4.78, 5) is 20.0. The Hall–Kier alpha value is -1.95. The van der Waals surface area contributed by atoms with Gasteiger partial charge in [0, 0.05) is 5.69 Å². The second-order valence-electron chi connectivity index (χ2n) is 3.65. The minimum absolute atomic E-state index is 0.0833. The smallest absolute Gasteiger partial charge is 0.335 e. The van der Waals surface area contributed by atoms with Gasteiger partial charge < -0.3 is 10.8 Å². The Balaban J connectivity index is 0.000000181. The molecular weight excluding hydrogens is 222 g/mol. The van der Waals surface area contributed by atoms with Crippen LogP contribution in [0.2, 0.25) is 0 Å². The summed E-state index contributed by atoms with van der Waals surface area (Å²) in [7, 11) is 0. The summed E-state index contributed by atoms with van der Waals surface area (Å²) in [6.07, 6.45) is 1.93. The standard InChI is InChI=1S/C7H7NO2.C4H8N2O/c8-6-3-1-2-5(4-6)7(9)10;7-6-4-2-1-3-5-4/h1-4H,8H2,(H,9,10);4-5H,1-3H2/t;4-/m.1/s1. The minimum atomic E-state index is -0.952. The summed E-state index contributed by atoms with van der Waals surface area (Å²) in [6.45, 7) is 0.955. The van der Waals surface area contributed by atoms with Gasteiger partial charge in [0.25, 0.3) is 0 Å². The third-order valence-corrected chi connectivity index (χ3v) is 2.30. The van der Waals surface area contributed by atoms with Crippen molar-refractivity contribution in [1.29, 1.82) is 0 Å². The molecule has 92 valence electrons. The van der Waals surface area contributed by atoms with Gasteiger partial charge in [-0.3, -0.25) is 5.32 Å². The fourth-order valence-corrected chi connectivity index (χ4v) is 1.43. The van der Waals surface area contributed by atoms with Crippen molar-refractivity contribution in [3.63, 3.8) is 0 Å². The molecule has 1 aliphatic rings. The molecule has 0 unspecified atom stereocenters. The molecule has 0 aromatic heterocycles. The van der Waals surface area contributed by atoms with Crippen LogP contribution in [0.4, 0.5) is 5.69 Å². The molecule has 0 amide bonds. The summed E-state index contributed by atoms with van der Waals surface area (Å²) < 4.78 is 0. The number of nitroso groups, excluding NO2 is 1. The third-order valence-electron chi connectivity index (χ3n) is 2.30. The van der Waals surface area contributed by atoms with E-state index >= 15 is 0 Å². The fraction of sp³-hybridized carbons (Fsp3) is 0.364. The maximum Gasteiger partial charge on any atom is 0.335 e. The Morgan fingerprint density at radius 2 is 2.29 bits per heavy atom. The maximum atomic E-state index is 10.3. The first-order valence-electron chi connectivity index (χ1n) is 5.28. The van der Waals surface area contributed by atoms with E-state index in [9.17, 15) is 9.70 Å². The van der Waals surface area contributed by atoms with Gasteiger partial charge in [0.2, 0.25) is 0 Å². The lowest BCUT2D eigenvalue weighted by Gasteiger charge is -1.93. The number of carbonyl (C=O) groups is 1. The molecule has 1 fully saturated rings. The molecule has 1 saturated heterocycles. The summed E-state index contributed by atoms with van der Waals surface area (Å²) >= 11 is 0. The van der Waals surface area contributed by atoms with Crippen molar-refractivity contribution in [3.05, 3.63) is 34.7 Å². The Bertz CT molecular complexity index is 389. The quantitative estimate of drug-likeness (QED) is 0.533. The predicted octanol–water partition coefficient (Wildman–Crippen LogP) is 1.43. The van der Waals surface area contributed by atoms with Crippen LogP contribution in [0.5, 0.6) is 0 Å². The highest BCUT2D eigenvalue weighted by atomic mass is 16.4. The molecule has 1 heterocycles. The van der Waals surface area contributed by atoms with E-state index in [1.54, 1.807) is 12.1 Å². The predicted molar refractivity (Wildman–Crippen MR) is 64.6 cm³/mol. The molecule has 1 aromatic carbocycles. The molecule has 6 heteroatoms. The van der Waals surface area contributed by atoms with Crippen molar-refractivity contribution in [2.45, 2.75) is 19.0 Å². The number of anilines is 1. The van der Waals surface area contributed by atoms with E-state index in [1.165, 1.54) is 12.1 Å². The van der Waals surface area contributed by atoms with Crippen molar-refractivity contribution < 1.29 is 9.90 Å². The zero-order valence-electron chi connectivity index (χ0n) is 9.30. The molecule has 0 spiro atoms. The van der Waals surface area contributed by atoms with Crippen molar-refractivity contribution in [3.8, 4) is 0 Å². The highest BCUT2D eigenvalue weighted by Gasteiger charge is 2.12. The number of nitrogen functional groups attached to an aromatic ring is 1. The van der Waals surface area contributed by atoms with Gasteiger partial charge in [-0.2, -0.15) is 0 Å². The average Bonchev–Trinajstić information content (AvgIpc) is 2.82. The first-order valence-corrected chi connectivity index (χ1v) is 5.28. The van der Waals surface area contributed by atoms with E-state index < -0.39 is 5.97 Å². The number of hydrogen-bond donors (Lipinski definition) is 3. The maximum absolute atomic E-state index is 10.3. The SMILES string of the molecule is Nc1cccc(C(=O)O)c1.O=N[C@@H]1CCCN1. The van der Waals surface area contributed by atoms with E-state index in [4.69, 9.17) is 10.8 Å². The zero-order valence-corrected chi connectivity index (χ0v) is 9.30. The van der Waals surface area contributed by atoms with Gasteiger partial charge in [0.05, 0.1) is 5.56 Å². The summed E-state index contributed by atoms with van der Waals surface area (Å²) in [6, 6.07) is 6.17. The number of benzene rings is 1. The lowest BCUT2D eigenvalue weighted by Crippen LogP contribution is -2.17. The van der Waals surface area contributed by atoms with Gasteiger partial charge in [-0.1, -0.05) is 11.2 Å². The monoisotopic (exact) mass is 237 g/mol. The Morgan fingerprint density at radius 1 is 1.53 bits per heavy atom. The van der Waals surface area contributed by atoms with Crippen LogP contribution in [0, 0.1) is 4.91 Å². The molecule has 0 bridgehead atoms. The van der Waals surface area contributed by atoms with Crippen LogP contribution >= 0.6 is 0 Å². The van der Waals surface area contributed by atoms with E-state index in [-0.39, 0.29) is 11.7 Å². The average molecular weight is 237 g/mol. The van der Waals surface area contributed by atoms with Gasteiger partial charge >= 0.3 is 5.97 Å². The van der Waals surface area contributed by atoms with Crippen molar-refractivity contribution in [1.82, 2.24) is 5.32 Å². The minimum Gasteiger partial charge on any atom is -0.478 e. The second kappa shape index (κ2) is 6.59. The zero-order chi connectivity index (χ0) is 12.7. The molecule has 1 aliphatic heterocycles. The normalized spacial score (nSPS) is 18.0. The van der Waals surface area contributed by atoms with Crippen LogP contribution in [-0.4, -0.2) is 23.8 Å². The molecular formula is C11H15N3O3. The van der Waals surface area contributed by atoms with Crippen LogP contribution in [-0.2, 0) is 0 Å². The molecule has 4 N–H and O–H groups in total. The number of nitrogens with two attached hydrogens (primary N) is 1. The topological polar surface area (TPSA) is 105 Å². The van der Waals surface area contributed by atoms with Crippen molar-refractivity contribution >= 4 is 11.7 Å². The van der Waals surface area contributed by atoms with Crippen LogP contribution in [0.25, 0.3) is 0 Å². The number of aromatic carboxylic acids is 1. The number of carboxylic acid groups (broad SMARTS) is 1. The summed E-state index contributed by atoms with van der Waals surface area (Å²) in [5.41, 5.74) is 6.03. The highest BCUT2D eigenvalue weighted by molar-refractivity contribution is 5.88. The molecule has 2 rings (SSSR count). The van der Waals surface area contributed by atoms with Gasteiger partial charge in [-0.25, -0.2) is 4.79 Å². The molecule has 1 atom stereocenters. The van der Waals surface area contributed by atoms with Gasteiger partial charge in [0.1, 0.15) is 6.17 Å². The number of carboxylic acids is 1. The number of hydrogen-bond acceptors (Lipinski definition) is 5. The number of nitrogens with one attached hydrogen (secondary N) is 1. The fourth-order valence-electron chi connectivity index (χ4n) is 1.43.